The minimum absolute atomic E-state index is 0.0573. The summed E-state index contributed by atoms with van der Waals surface area (Å²) in [4.78, 5) is 21.2. The van der Waals surface area contributed by atoms with Crippen LogP contribution in [0.15, 0.2) is 0 Å². The molecule has 0 heterocycles. The molecule has 8 nitrogen and oxygen atoms in total. The van der Waals surface area contributed by atoms with E-state index in [0.717, 1.165) is 0 Å². The van der Waals surface area contributed by atoms with E-state index >= 15 is 0 Å². The summed E-state index contributed by atoms with van der Waals surface area (Å²) < 4.78 is 30.1. The SMILES string of the molecule is CC(C)OCCS(=O)(=O)N[C@@H](CCC(=O)O)C(=O)O. The van der Waals surface area contributed by atoms with E-state index in [1.54, 1.807) is 13.8 Å². The number of aliphatic carboxylic acids is 2. The molecule has 0 aromatic heterocycles. The summed E-state index contributed by atoms with van der Waals surface area (Å²) in [6.45, 7) is 3.43. The average Bonchev–Trinajstić information content (AvgIpc) is 2.22. The lowest BCUT2D eigenvalue weighted by atomic mass is 10.2. The Kier molecular flexibility index (Phi) is 7.57. The lowest BCUT2D eigenvalue weighted by Gasteiger charge is -2.14. The first-order valence-corrected chi connectivity index (χ1v) is 7.35. The Morgan fingerprint density at radius 3 is 2.26 bits per heavy atom. The van der Waals surface area contributed by atoms with Crippen LogP contribution in [0.25, 0.3) is 0 Å². The van der Waals surface area contributed by atoms with Crippen molar-refractivity contribution in [2.45, 2.75) is 38.8 Å². The Bertz CT molecular complexity index is 404. The Morgan fingerprint density at radius 1 is 1.26 bits per heavy atom. The van der Waals surface area contributed by atoms with Crippen molar-refractivity contribution in [3.8, 4) is 0 Å². The molecule has 0 aromatic carbocycles. The zero-order chi connectivity index (χ0) is 15.1. The topological polar surface area (TPSA) is 130 Å². The first-order valence-electron chi connectivity index (χ1n) is 5.70. The summed E-state index contributed by atoms with van der Waals surface area (Å²) in [6.07, 6.45) is -0.867. The quantitative estimate of drug-likeness (QED) is 0.502. The van der Waals surface area contributed by atoms with E-state index in [4.69, 9.17) is 14.9 Å². The van der Waals surface area contributed by atoms with Crippen molar-refractivity contribution in [2.24, 2.45) is 0 Å². The highest BCUT2D eigenvalue weighted by atomic mass is 32.2. The number of hydrogen-bond acceptors (Lipinski definition) is 5. The van der Waals surface area contributed by atoms with Crippen molar-refractivity contribution in [3.63, 3.8) is 0 Å². The van der Waals surface area contributed by atoms with E-state index in [1.807, 2.05) is 4.72 Å². The number of nitrogens with one attached hydrogen (secondary N) is 1. The fraction of sp³-hybridized carbons (Fsp3) is 0.800. The van der Waals surface area contributed by atoms with Crippen LogP contribution in [-0.4, -0.2) is 55.1 Å². The smallest absolute Gasteiger partial charge is 0.321 e. The molecule has 0 saturated heterocycles. The van der Waals surface area contributed by atoms with Gasteiger partial charge >= 0.3 is 11.9 Å². The number of sulfonamides is 1. The molecule has 0 rings (SSSR count). The van der Waals surface area contributed by atoms with Crippen molar-refractivity contribution in [2.75, 3.05) is 12.4 Å². The second-order valence-corrected chi connectivity index (χ2v) is 6.05. The Morgan fingerprint density at radius 2 is 1.84 bits per heavy atom. The lowest BCUT2D eigenvalue weighted by molar-refractivity contribution is -0.140. The molecule has 0 aliphatic rings. The molecule has 0 amide bonds. The third-order valence-electron chi connectivity index (χ3n) is 2.07. The molecular formula is C10H19NO7S. The first-order chi connectivity index (χ1) is 8.64. The van der Waals surface area contributed by atoms with Gasteiger partial charge < -0.3 is 14.9 Å². The first kappa shape index (κ1) is 17.8. The van der Waals surface area contributed by atoms with Gasteiger partial charge in [0.2, 0.25) is 10.0 Å². The summed E-state index contributed by atoms with van der Waals surface area (Å²) in [7, 11) is -3.82. The van der Waals surface area contributed by atoms with Gasteiger partial charge in [-0.1, -0.05) is 0 Å². The number of carboxylic acid groups (broad SMARTS) is 2. The summed E-state index contributed by atoms with van der Waals surface area (Å²) >= 11 is 0. The monoisotopic (exact) mass is 297 g/mol. The molecule has 112 valence electrons. The second-order valence-electron chi connectivity index (χ2n) is 4.18. The molecule has 1 atom stereocenters. The van der Waals surface area contributed by atoms with E-state index in [2.05, 4.69) is 0 Å². The van der Waals surface area contributed by atoms with Crippen LogP contribution in [-0.2, 0) is 24.3 Å². The van der Waals surface area contributed by atoms with Crippen LogP contribution in [0.5, 0.6) is 0 Å². The van der Waals surface area contributed by atoms with Crippen LogP contribution in [0.2, 0.25) is 0 Å². The summed E-state index contributed by atoms with van der Waals surface area (Å²) in [6, 6.07) is -1.44. The number of carbonyl (C=O) groups is 2. The van der Waals surface area contributed by atoms with Crippen LogP contribution in [0.1, 0.15) is 26.7 Å². The lowest BCUT2D eigenvalue weighted by Crippen LogP contribution is -2.42. The predicted octanol–water partition coefficient (Wildman–Crippen LogP) is -0.351. The van der Waals surface area contributed by atoms with Gasteiger partial charge in [0, 0.05) is 6.42 Å². The van der Waals surface area contributed by atoms with Crippen LogP contribution in [0, 0.1) is 0 Å². The van der Waals surface area contributed by atoms with Gasteiger partial charge in [-0.05, 0) is 20.3 Å². The van der Waals surface area contributed by atoms with Crippen molar-refractivity contribution in [3.05, 3.63) is 0 Å². The summed E-state index contributed by atoms with van der Waals surface area (Å²) in [5.74, 6) is -2.97. The highest BCUT2D eigenvalue weighted by molar-refractivity contribution is 7.89. The Hall–Kier alpha value is -1.19. The molecule has 0 aliphatic heterocycles. The molecule has 0 bridgehead atoms. The highest BCUT2D eigenvalue weighted by Gasteiger charge is 2.24. The zero-order valence-electron chi connectivity index (χ0n) is 10.8. The van der Waals surface area contributed by atoms with Gasteiger partial charge in [-0.3, -0.25) is 9.59 Å². The normalized spacial score (nSPS) is 13.4. The van der Waals surface area contributed by atoms with Gasteiger partial charge in [-0.2, -0.15) is 0 Å². The molecule has 9 heteroatoms. The van der Waals surface area contributed by atoms with E-state index in [-0.39, 0.29) is 24.9 Å². The second kappa shape index (κ2) is 8.08. The molecule has 0 radical (unpaired) electrons. The fourth-order valence-electron chi connectivity index (χ4n) is 1.17. The summed E-state index contributed by atoms with van der Waals surface area (Å²) in [5, 5.41) is 17.3. The van der Waals surface area contributed by atoms with Crippen LogP contribution < -0.4 is 4.72 Å². The largest absolute Gasteiger partial charge is 0.481 e. The van der Waals surface area contributed by atoms with Gasteiger partial charge in [0.1, 0.15) is 6.04 Å². The third kappa shape index (κ3) is 9.40. The number of carboxylic acids is 2. The van der Waals surface area contributed by atoms with Crippen molar-refractivity contribution < 1.29 is 33.0 Å². The molecule has 0 aliphatic carbocycles. The van der Waals surface area contributed by atoms with Gasteiger partial charge in [-0.25, -0.2) is 13.1 Å². The predicted molar refractivity (Wildman–Crippen MR) is 66.3 cm³/mol. The van der Waals surface area contributed by atoms with Crippen molar-refractivity contribution >= 4 is 22.0 Å². The Labute approximate surface area is 111 Å². The molecular weight excluding hydrogens is 278 g/mol. The van der Waals surface area contributed by atoms with Crippen LogP contribution in [0.3, 0.4) is 0 Å². The van der Waals surface area contributed by atoms with E-state index < -0.39 is 34.4 Å². The third-order valence-corrected chi connectivity index (χ3v) is 3.42. The number of hydrogen-bond donors (Lipinski definition) is 3. The van der Waals surface area contributed by atoms with Gasteiger partial charge in [-0.15, -0.1) is 0 Å². The van der Waals surface area contributed by atoms with Gasteiger partial charge in [0.05, 0.1) is 18.5 Å². The van der Waals surface area contributed by atoms with E-state index in [1.165, 1.54) is 0 Å². The molecule has 0 spiro atoms. The minimum atomic E-state index is -3.82. The van der Waals surface area contributed by atoms with E-state index in [0.29, 0.717) is 0 Å². The maximum absolute atomic E-state index is 11.6. The van der Waals surface area contributed by atoms with Gasteiger partial charge in [0.25, 0.3) is 0 Å². The molecule has 3 N–H and O–H groups in total. The molecule has 0 saturated carbocycles. The zero-order valence-corrected chi connectivity index (χ0v) is 11.6. The average molecular weight is 297 g/mol. The maximum Gasteiger partial charge on any atom is 0.321 e. The molecule has 0 aromatic rings. The molecule has 19 heavy (non-hydrogen) atoms. The number of rotatable bonds is 10. The standard InChI is InChI=1S/C10H19NO7S/c1-7(2)18-5-6-19(16,17)11-8(10(14)15)3-4-9(12)13/h7-8,11H,3-6H2,1-2H3,(H,12,13)(H,14,15)/t8-/m0/s1. The van der Waals surface area contributed by atoms with Crippen LogP contribution >= 0.6 is 0 Å². The summed E-state index contributed by atoms with van der Waals surface area (Å²) in [5.41, 5.74) is 0. The number of ether oxygens (including phenoxy) is 1. The van der Waals surface area contributed by atoms with Gasteiger partial charge in [0.15, 0.2) is 0 Å². The highest BCUT2D eigenvalue weighted by Crippen LogP contribution is 2.01. The van der Waals surface area contributed by atoms with Crippen molar-refractivity contribution in [1.82, 2.24) is 4.72 Å². The van der Waals surface area contributed by atoms with E-state index in [9.17, 15) is 18.0 Å². The maximum atomic E-state index is 11.6. The fourth-order valence-corrected chi connectivity index (χ4v) is 2.26. The van der Waals surface area contributed by atoms with Crippen molar-refractivity contribution in [1.29, 1.82) is 0 Å². The molecule has 0 fully saturated rings. The Balaban J connectivity index is 4.39. The minimum Gasteiger partial charge on any atom is -0.481 e. The molecule has 0 unspecified atom stereocenters. The van der Waals surface area contributed by atoms with Crippen LogP contribution in [0.4, 0.5) is 0 Å².